The second-order valence-corrected chi connectivity index (χ2v) is 6.46. The quantitative estimate of drug-likeness (QED) is 0.695. The van der Waals surface area contributed by atoms with Crippen LogP contribution in [0.25, 0.3) is 11.4 Å². The monoisotopic (exact) mass is 383 g/mol. The van der Waals surface area contributed by atoms with Gasteiger partial charge in [0.1, 0.15) is 11.8 Å². The maximum atomic E-state index is 12.8. The van der Waals surface area contributed by atoms with Crippen molar-refractivity contribution in [2.24, 2.45) is 0 Å². The van der Waals surface area contributed by atoms with E-state index in [4.69, 9.17) is 16.3 Å². The number of amides is 1. The minimum absolute atomic E-state index is 0.0347. The average molecular weight is 384 g/mol. The Labute approximate surface area is 159 Å². The predicted octanol–water partition coefficient (Wildman–Crippen LogP) is 2.77. The van der Waals surface area contributed by atoms with Crippen molar-refractivity contribution < 1.29 is 14.3 Å². The molecule has 2 aromatic carbocycles. The number of hydrogen-bond acceptors (Lipinski definition) is 6. The zero-order valence-electron chi connectivity index (χ0n) is 14.2. The van der Waals surface area contributed by atoms with Crippen molar-refractivity contribution in [3.05, 3.63) is 53.1 Å². The number of halogens is 1. The lowest BCUT2D eigenvalue weighted by Crippen LogP contribution is -2.26. The third kappa shape index (κ3) is 3.39. The molecule has 1 atom stereocenters. The van der Waals surface area contributed by atoms with Crippen molar-refractivity contribution in [2.75, 3.05) is 11.9 Å². The molecule has 0 saturated carbocycles. The van der Waals surface area contributed by atoms with Crippen molar-refractivity contribution in [3.63, 3.8) is 0 Å². The van der Waals surface area contributed by atoms with Crippen molar-refractivity contribution in [1.82, 2.24) is 20.2 Å². The second kappa shape index (κ2) is 6.81. The Morgan fingerprint density at radius 2 is 2.04 bits per heavy atom. The van der Waals surface area contributed by atoms with Crippen LogP contribution in [0.15, 0.2) is 42.5 Å². The first kappa shape index (κ1) is 17.2. The lowest BCUT2D eigenvalue weighted by Gasteiger charge is -2.18. The van der Waals surface area contributed by atoms with E-state index < -0.39 is 6.04 Å². The fourth-order valence-corrected chi connectivity index (χ4v) is 2.81. The summed E-state index contributed by atoms with van der Waals surface area (Å²) in [4.78, 5) is 25.5. The Morgan fingerprint density at radius 1 is 1.26 bits per heavy atom. The highest BCUT2D eigenvalue weighted by atomic mass is 35.5. The first-order valence-electron chi connectivity index (χ1n) is 8.17. The Balaban J connectivity index is 1.57. The summed E-state index contributed by atoms with van der Waals surface area (Å²) >= 11 is 5.88. The van der Waals surface area contributed by atoms with E-state index in [0.717, 1.165) is 5.56 Å². The van der Waals surface area contributed by atoms with Gasteiger partial charge < -0.3 is 10.1 Å². The number of fused-ring (bicyclic) bond motifs is 1. The Kier molecular flexibility index (Phi) is 4.33. The van der Waals surface area contributed by atoms with Crippen LogP contribution in [-0.2, 0) is 4.79 Å². The highest BCUT2D eigenvalue weighted by Gasteiger charge is 2.23. The first-order valence-corrected chi connectivity index (χ1v) is 8.55. The van der Waals surface area contributed by atoms with Crippen LogP contribution in [0.1, 0.15) is 23.3 Å². The molecule has 0 saturated heterocycles. The van der Waals surface area contributed by atoms with Gasteiger partial charge in [-0.1, -0.05) is 11.6 Å². The summed E-state index contributed by atoms with van der Waals surface area (Å²) in [6.07, 6.45) is 0. The number of aromatic nitrogens is 4. The minimum atomic E-state index is -0.670. The largest absolute Gasteiger partial charge is 0.482 e. The fraction of sp³-hybridized carbons (Fsp3) is 0.167. The number of rotatable bonds is 4. The number of nitrogens with one attached hydrogen (secondary N) is 1. The van der Waals surface area contributed by atoms with Crippen LogP contribution in [0.5, 0.6) is 5.75 Å². The van der Waals surface area contributed by atoms with Crippen LogP contribution in [0.4, 0.5) is 5.69 Å². The van der Waals surface area contributed by atoms with Gasteiger partial charge in [0, 0.05) is 16.1 Å². The smallest absolute Gasteiger partial charge is 0.262 e. The van der Waals surface area contributed by atoms with E-state index in [1.807, 2.05) is 0 Å². The maximum Gasteiger partial charge on any atom is 0.262 e. The van der Waals surface area contributed by atoms with E-state index in [9.17, 15) is 9.59 Å². The van der Waals surface area contributed by atoms with E-state index in [2.05, 4.69) is 20.7 Å². The molecule has 136 valence electrons. The summed E-state index contributed by atoms with van der Waals surface area (Å²) in [5.74, 6) is 0.462. The number of hydrogen-bond donors (Lipinski definition) is 1. The molecule has 0 fully saturated rings. The number of ether oxygens (including phenoxy) is 1. The molecule has 1 N–H and O–H groups in total. The molecule has 1 aliphatic heterocycles. The maximum absolute atomic E-state index is 12.8. The Morgan fingerprint density at radius 3 is 2.81 bits per heavy atom. The van der Waals surface area contributed by atoms with Gasteiger partial charge in [-0.05, 0) is 54.6 Å². The molecule has 2 heterocycles. The fourth-order valence-electron chi connectivity index (χ4n) is 2.69. The molecule has 0 aliphatic carbocycles. The summed E-state index contributed by atoms with van der Waals surface area (Å²) in [5, 5.41) is 15.6. The molecular weight excluding hydrogens is 370 g/mol. The number of carbonyl (C=O) groups is 2. The number of tetrazole rings is 1. The number of ketones is 1. The first-order chi connectivity index (χ1) is 13.0. The second-order valence-electron chi connectivity index (χ2n) is 6.03. The van der Waals surface area contributed by atoms with Gasteiger partial charge in [-0.2, -0.15) is 4.80 Å². The van der Waals surface area contributed by atoms with Crippen LogP contribution in [0.2, 0.25) is 5.02 Å². The third-order valence-corrected chi connectivity index (χ3v) is 4.41. The van der Waals surface area contributed by atoms with Crippen LogP contribution in [-0.4, -0.2) is 38.5 Å². The van der Waals surface area contributed by atoms with Gasteiger partial charge in [0.15, 0.2) is 12.4 Å². The predicted molar refractivity (Wildman–Crippen MR) is 97.9 cm³/mol. The molecule has 1 amide bonds. The number of anilines is 1. The lowest BCUT2D eigenvalue weighted by atomic mass is 10.0. The Hall–Kier alpha value is -3.26. The lowest BCUT2D eigenvalue weighted by molar-refractivity contribution is -0.118. The summed E-state index contributed by atoms with van der Waals surface area (Å²) < 4.78 is 5.30. The molecule has 0 radical (unpaired) electrons. The van der Waals surface area contributed by atoms with E-state index in [-0.39, 0.29) is 18.3 Å². The van der Waals surface area contributed by atoms with Crippen molar-refractivity contribution in [1.29, 1.82) is 0 Å². The zero-order valence-corrected chi connectivity index (χ0v) is 15.0. The molecular formula is C18H14ClN5O3. The molecule has 0 spiro atoms. The van der Waals surface area contributed by atoms with E-state index >= 15 is 0 Å². The number of carbonyl (C=O) groups excluding carboxylic acids is 2. The minimum Gasteiger partial charge on any atom is -0.482 e. The Bertz CT molecular complexity index is 1030. The zero-order chi connectivity index (χ0) is 19.0. The molecule has 1 aliphatic rings. The highest BCUT2D eigenvalue weighted by molar-refractivity contribution is 6.30. The van der Waals surface area contributed by atoms with Gasteiger partial charge in [-0.25, -0.2) is 0 Å². The summed E-state index contributed by atoms with van der Waals surface area (Å²) in [5.41, 5.74) is 1.63. The number of nitrogens with zero attached hydrogens (tertiary/aromatic N) is 4. The topological polar surface area (TPSA) is 99.0 Å². The summed E-state index contributed by atoms with van der Waals surface area (Å²) in [6.45, 7) is 1.65. The number of benzene rings is 2. The summed E-state index contributed by atoms with van der Waals surface area (Å²) in [7, 11) is 0. The van der Waals surface area contributed by atoms with Crippen molar-refractivity contribution >= 4 is 29.0 Å². The molecule has 0 bridgehead atoms. The SMILES string of the molecule is CC(C(=O)c1ccc2c(c1)NC(=O)CO2)n1nnc(-c2ccc(Cl)cc2)n1. The molecule has 1 aromatic heterocycles. The van der Waals surface area contributed by atoms with Crippen LogP contribution < -0.4 is 10.1 Å². The van der Waals surface area contributed by atoms with Gasteiger partial charge in [0.25, 0.3) is 5.91 Å². The van der Waals surface area contributed by atoms with Crippen LogP contribution >= 0.6 is 11.6 Å². The van der Waals surface area contributed by atoms with Crippen LogP contribution in [0.3, 0.4) is 0 Å². The van der Waals surface area contributed by atoms with Gasteiger partial charge in [-0.15, -0.1) is 10.2 Å². The molecule has 9 heteroatoms. The van der Waals surface area contributed by atoms with Crippen molar-refractivity contribution in [3.8, 4) is 17.1 Å². The van der Waals surface area contributed by atoms with Crippen molar-refractivity contribution in [2.45, 2.75) is 13.0 Å². The summed E-state index contributed by atoms with van der Waals surface area (Å²) in [6, 6.07) is 11.2. The van der Waals surface area contributed by atoms with E-state index in [0.29, 0.717) is 27.8 Å². The average Bonchev–Trinajstić information content (AvgIpc) is 3.17. The molecule has 3 aromatic rings. The third-order valence-electron chi connectivity index (χ3n) is 4.15. The van der Waals surface area contributed by atoms with Gasteiger partial charge >= 0.3 is 0 Å². The normalized spacial score (nSPS) is 14.1. The van der Waals surface area contributed by atoms with Gasteiger partial charge in [0.05, 0.1) is 5.69 Å². The van der Waals surface area contributed by atoms with Gasteiger partial charge in [-0.3, -0.25) is 9.59 Å². The molecule has 4 rings (SSSR count). The van der Waals surface area contributed by atoms with Crippen LogP contribution in [0, 0.1) is 0 Å². The molecule has 27 heavy (non-hydrogen) atoms. The van der Waals surface area contributed by atoms with E-state index in [1.165, 1.54) is 4.80 Å². The number of Topliss-reactive ketones (excluding diaryl/α,β-unsaturated/α-hetero) is 1. The molecule has 1 unspecified atom stereocenters. The standard InChI is InChI=1S/C18H14ClN5O3/c1-10(24-22-18(21-23-24)11-2-5-13(19)6-3-11)17(26)12-4-7-15-14(8-12)20-16(25)9-27-15/h2-8,10H,9H2,1H3,(H,20,25). The highest BCUT2D eigenvalue weighted by Crippen LogP contribution is 2.29. The molecule has 8 nitrogen and oxygen atoms in total. The van der Waals surface area contributed by atoms with E-state index in [1.54, 1.807) is 49.4 Å². The van der Waals surface area contributed by atoms with Gasteiger partial charge in [0.2, 0.25) is 5.82 Å².